The van der Waals surface area contributed by atoms with Gasteiger partial charge in [0.25, 0.3) is 11.8 Å². The van der Waals surface area contributed by atoms with E-state index in [9.17, 15) is 14.4 Å². The van der Waals surface area contributed by atoms with Crippen molar-refractivity contribution >= 4 is 33.7 Å². The fraction of sp³-hybridized carbons (Fsp3) is 0.357. The van der Waals surface area contributed by atoms with Crippen LogP contribution in [0.15, 0.2) is 22.7 Å². The monoisotopic (exact) mass is 353 g/mol. The van der Waals surface area contributed by atoms with Crippen LogP contribution in [0.25, 0.3) is 0 Å². The zero-order valence-electron chi connectivity index (χ0n) is 11.9. The second-order valence-corrected chi connectivity index (χ2v) is 5.96. The summed E-state index contributed by atoms with van der Waals surface area (Å²) < 4.78 is 0.722. The van der Waals surface area contributed by atoms with E-state index in [0.29, 0.717) is 24.2 Å². The van der Waals surface area contributed by atoms with Gasteiger partial charge in [0.2, 0.25) is 5.91 Å². The first kappa shape index (κ1) is 15.7. The maximum Gasteiger partial charge on any atom is 0.262 e. The van der Waals surface area contributed by atoms with Crippen molar-refractivity contribution in [3.8, 4) is 0 Å². The molecule has 0 aromatic heterocycles. The van der Waals surface area contributed by atoms with Gasteiger partial charge in [0, 0.05) is 17.6 Å². The van der Waals surface area contributed by atoms with Crippen molar-refractivity contribution in [3.05, 3.63) is 33.8 Å². The molecule has 0 aliphatic carbocycles. The molecule has 0 spiro atoms. The predicted molar refractivity (Wildman–Crippen MR) is 81.1 cm³/mol. The summed E-state index contributed by atoms with van der Waals surface area (Å²) in [4.78, 5) is 39.0. The van der Waals surface area contributed by atoms with Crippen molar-refractivity contribution in [1.29, 1.82) is 0 Å². The van der Waals surface area contributed by atoms with Crippen molar-refractivity contribution in [2.75, 3.05) is 33.7 Å². The number of nitrogens with zero attached hydrogens (tertiary/aromatic N) is 2. The quantitative estimate of drug-likeness (QED) is 0.792. The van der Waals surface area contributed by atoms with E-state index in [1.54, 1.807) is 18.2 Å². The molecule has 7 heteroatoms. The molecule has 0 saturated carbocycles. The number of hydrogen-bond acceptors (Lipinski definition) is 4. The molecule has 1 aromatic rings. The Morgan fingerprint density at radius 1 is 1.24 bits per heavy atom. The summed E-state index contributed by atoms with van der Waals surface area (Å²) in [5, 5.41) is 2.68. The lowest BCUT2D eigenvalue weighted by atomic mass is 10.1. The van der Waals surface area contributed by atoms with E-state index in [2.05, 4.69) is 21.2 Å². The standard InChI is InChI=1S/C14H16BrN3O3/c1-17(2)6-5-16-12(19)8-18-13(20)10-4-3-9(15)7-11(10)14(18)21/h3-4,7H,5-6,8H2,1-2H3,(H,16,19). The van der Waals surface area contributed by atoms with Gasteiger partial charge in [-0.2, -0.15) is 0 Å². The van der Waals surface area contributed by atoms with Crippen molar-refractivity contribution in [3.63, 3.8) is 0 Å². The van der Waals surface area contributed by atoms with Gasteiger partial charge in [0.05, 0.1) is 11.1 Å². The third-order valence-electron chi connectivity index (χ3n) is 3.12. The number of rotatable bonds is 5. The Bertz CT molecular complexity index is 601. The van der Waals surface area contributed by atoms with E-state index in [0.717, 1.165) is 9.37 Å². The highest BCUT2D eigenvalue weighted by Crippen LogP contribution is 2.25. The second kappa shape index (κ2) is 6.36. The van der Waals surface area contributed by atoms with Crippen LogP contribution in [0.2, 0.25) is 0 Å². The molecule has 3 amide bonds. The van der Waals surface area contributed by atoms with Gasteiger partial charge in [0.1, 0.15) is 6.54 Å². The van der Waals surface area contributed by atoms with Crippen LogP contribution in [0.1, 0.15) is 20.7 Å². The Labute approximate surface area is 131 Å². The van der Waals surface area contributed by atoms with E-state index in [-0.39, 0.29) is 12.5 Å². The highest BCUT2D eigenvalue weighted by Gasteiger charge is 2.36. The molecule has 0 unspecified atom stereocenters. The van der Waals surface area contributed by atoms with Gasteiger partial charge >= 0.3 is 0 Å². The van der Waals surface area contributed by atoms with Crippen LogP contribution in [0.4, 0.5) is 0 Å². The molecule has 1 aliphatic rings. The summed E-state index contributed by atoms with van der Waals surface area (Å²) in [7, 11) is 3.79. The van der Waals surface area contributed by atoms with Gasteiger partial charge in [-0.15, -0.1) is 0 Å². The van der Waals surface area contributed by atoms with E-state index in [1.807, 2.05) is 19.0 Å². The van der Waals surface area contributed by atoms with Crippen molar-refractivity contribution < 1.29 is 14.4 Å². The maximum atomic E-state index is 12.2. The number of imide groups is 1. The summed E-state index contributed by atoms with van der Waals surface area (Å²) in [6.45, 7) is 0.915. The lowest BCUT2D eigenvalue weighted by Gasteiger charge is -2.14. The highest BCUT2D eigenvalue weighted by atomic mass is 79.9. The molecular weight excluding hydrogens is 338 g/mol. The summed E-state index contributed by atoms with van der Waals surface area (Å²) in [5.41, 5.74) is 0.666. The zero-order valence-corrected chi connectivity index (χ0v) is 13.4. The molecule has 0 bridgehead atoms. The number of amides is 3. The number of likely N-dealkylation sites (N-methyl/N-ethyl adjacent to an activating group) is 1. The lowest BCUT2D eigenvalue weighted by Crippen LogP contribution is -2.42. The van der Waals surface area contributed by atoms with Gasteiger partial charge in [-0.25, -0.2) is 0 Å². The molecule has 2 rings (SSSR count). The molecule has 1 N–H and O–H groups in total. The van der Waals surface area contributed by atoms with Crippen molar-refractivity contribution in [1.82, 2.24) is 15.1 Å². The Kier molecular flexibility index (Phi) is 4.74. The molecule has 0 saturated heterocycles. The topological polar surface area (TPSA) is 69.7 Å². The van der Waals surface area contributed by atoms with Gasteiger partial charge in [0.15, 0.2) is 0 Å². The second-order valence-electron chi connectivity index (χ2n) is 5.04. The average Bonchev–Trinajstić information content (AvgIpc) is 2.63. The first-order valence-corrected chi connectivity index (χ1v) is 7.26. The first-order chi connectivity index (χ1) is 9.90. The normalized spacial score (nSPS) is 13.8. The molecule has 0 radical (unpaired) electrons. The third kappa shape index (κ3) is 3.48. The largest absolute Gasteiger partial charge is 0.353 e. The van der Waals surface area contributed by atoms with E-state index in [4.69, 9.17) is 0 Å². The number of nitrogens with one attached hydrogen (secondary N) is 1. The van der Waals surface area contributed by atoms with Gasteiger partial charge < -0.3 is 10.2 Å². The number of carbonyl (C=O) groups is 3. The molecule has 6 nitrogen and oxygen atoms in total. The predicted octanol–water partition coefficient (Wildman–Crippen LogP) is 0.723. The Hall–Kier alpha value is -1.73. The molecule has 112 valence electrons. The number of benzene rings is 1. The lowest BCUT2D eigenvalue weighted by molar-refractivity contribution is -0.121. The molecular formula is C14H16BrN3O3. The molecule has 1 aromatic carbocycles. The number of halogens is 1. The SMILES string of the molecule is CN(C)CCNC(=O)CN1C(=O)c2ccc(Br)cc2C1=O. The Balaban J connectivity index is 2.01. The molecule has 1 aliphatic heterocycles. The van der Waals surface area contributed by atoms with E-state index in [1.165, 1.54) is 0 Å². The van der Waals surface area contributed by atoms with Crippen LogP contribution in [0.3, 0.4) is 0 Å². The van der Waals surface area contributed by atoms with E-state index < -0.39 is 11.8 Å². The van der Waals surface area contributed by atoms with Crippen LogP contribution in [-0.2, 0) is 4.79 Å². The average molecular weight is 354 g/mol. The minimum atomic E-state index is -0.431. The molecule has 1 heterocycles. The number of hydrogen-bond donors (Lipinski definition) is 1. The van der Waals surface area contributed by atoms with Crippen LogP contribution in [0, 0.1) is 0 Å². The van der Waals surface area contributed by atoms with Crippen LogP contribution in [-0.4, -0.2) is 61.3 Å². The van der Waals surface area contributed by atoms with Crippen LogP contribution >= 0.6 is 15.9 Å². The molecule has 0 fully saturated rings. The fourth-order valence-corrected chi connectivity index (χ4v) is 2.39. The maximum absolute atomic E-state index is 12.2. The van der Waals surface area contributed by atoms with Crippen molar-refractivity contribution in [2.24, 2.45) is 0 Å². The van der Waals surface area contributed by atoms with Crippen LogP contribution in [0.5, 0.6) is 0 Å². The third-order valence-corrected chi connectivity index (χ3v) is 3.61. The molecule has 21 heavy (non-hydrogen) atoms. The Morgan fingerprint density at radius 3 is 2.57 bits per heavy atom. The highest BCUT2D eigenvalue weighted by molar-refractivity contribution is 9.10. The van der Waals surface area contributed by atoms with Gasteiger partial charge in [-0.1, -0.05) is 15.9 Å². The molecule has 0 atom stereocenters. The summed E-state index contributed by atoms with van der Waals surface area (Å²) >= 11 is 3.26. The smallest absolute Gasteiger partial charge is 0.262 e. The fourth-order valence-electron chi connectivity index (χ4n) is 2.02. The first-order valence-electron chi connectivity index (χ1n) is 6.47. The van der Waals surface area contributed by atoms with Crippen molar-refractivity contribution in [2.45, 2.75) is 0 Å². The minimum absolute atomic E-state index is 0.253. The summed E-state index contributed by atoms with van der Waals surface area (Å²) in [6.07, 6.45) is 0. The number of fused-ring (bicyclic) bond motifs is 1. The number of carbonyl (C=O) groups excluding carboxylic acids is 3. The summed E-state index contributed by atoms with van der Waals surface area (Å²) in [5.74, 6) is -1.20. The minimum Gasteiger partial charge on any atom is -0.353 e. The van der Waals surface area contributed by atoms with Gasteiger partial charge in [-0.3, -0.25) is 19.3 Å². The van der Waals surface area contributed by atoms with Crippen LogP contribution < -0.4 is 5.32 Å². The van der Waals surface area contributed by atoms with Gasteiger partial charge in [-0.05, 0) is 32.3 Å². The summed E-state index contributed by atoms with van der Waals surface area (Å²) in [6, 6.07) is 4.88. The zero-order chi connectivity index (χ0) is 15.6. The van der Waals surface area contributed by atoms with E-state index >= 15 is 0 Å². The Morgan fingerprint density at radius 2 is 1.90 bits per heavy atom.